The van der Waals surface area contributed by atoms with Gasteiger partial charge in [-0.3, -0.25) is 19.9 Å². The van der Waals surface area contributed by atoms with Crippen LogP contribution in [-0.2, 0) is 40.4 Å². The second-order valence-electron chi connectivity index (χ2n) is 14.3. The van der Waals surface area contributed by atoms with Crippen molar-refractivity contribution >= 4 is 40.4 Å². The van der Waals surface area contributed by atoms with Gasteiger partial charge < -0.3 is 24.6 Å². The first-order valence-corrected chi connectivity index (χ1v) is 18.8. The largest absolute Gasteiger partial charge is 0.497 e. The Balaban J connectivity index is 1.12. The molecule has 0 bridgehead atoms. The van der Waals surface area contributed by atoms with E-state index in [2.05, 4.69) is 16.7 Å². The van der Waals surface area contributed by atoms with Crippen LogP contribution >= 0.6 is 0 Å². The molecule has 12 nitrogen and oxygen atoms in total. The van der Waals surface area contributed by atoms with Gasteiger partial charge in [-0.2, -0.15) is 5.01 Å². The third-order valence-electron chi connectivity index (χ3n) is 10.2. The molecule has 2 N–H and O–H groups in total. The molecule has 2 heterocycles. The number of methoxy groups -OCH3 is 1. The van der Waals surface area contributed by atoms with Gasteiger partial charge in [0.2, 0.25) is 11.8 Å². The van der Waals surface area contributed by atoms with Crippen LogP contribution in [0.15, 0.2) is 121 Å². The number of amides is 5. The highest BCUT2D eigenvalue weighted by Gasteiger charge is 2.52. The first-order chi connectivity index (χ1) is 27.2. The Labute approximate surface area is 326 Å². The summed E-state index contributed by atoms with van der Waals surface area (Å²) in [6.07, 6.45) is -0.929. The van der Waals surface area contributed by atoms with Crippen molar-refractivity contribution in [3.05, 3.63) is 144 Å². The number of hydrogen-bond acceptors (Lipinski definition) is 7. The maximum absolute atomic E-state index is 14.5. The first-order valence-electron chi connectivity index (χ1n) is 18.8. The zero-order valence-electron chi connectivity index (χ0n) is 31.8. The SMILES string of the molecule is COc1ccc(CNC(=O)N(C(C)C)N2CC(=O)N3[C@@H](Cc4ccc(NC(=O)OCc5ccccc5)cc4)C(=O)N(Cc4cccc5ccccc45)C[C@@H]32)cc1. The summed E-state index contributed by atoms with van der Waals surface area (Å²) in [4.78, 5) is 58.5. The smallest absolute Gasteiger partial charge is 0.411 e. The Bertz CT molecular complexity index is 2170. The fraction of sp³-hybridized carbons (Fsp3) is 0.273. The normalized spacial score (nSPS) is 16.9. The van der Waals surface area contributed by atoms with E-state index in [1.165, 1.54) is 0 Å². The number of rotatable bonds is 12. The summed E-state index contributed by atoms with van der Waals surface area (Å²) in [7, 11) is 1.60. The van der Waals surface area contributed by atoms with Gasteiger partial charge in [0.05, 0.1) is 20.2 Å². The van der Waals surface area contributed by atoms with Crippen LogP contribution in [0.5, 0.6) is 5.75 Å². The van der Waals surface area contributed by atoms with E-state index in [1.54, 1.807) is 34.2 Å². The lowest BCUT2D eigenvalue weighted by molar-refractivity contribution is -0.158. The summed E-state index contributed by atoms with van der Waals surface area (Å²) >= 11 is 0. The number of nitrogens with one attached hydrogen (secondary N) is 2. The summed E-state index contributed by atoms with van der Waals surface area (Å²) in [6, 6.07) is 36.7. The molecule has 2 atom stereocenters. The lowest BCUT2D eigenvalue weighted by Gasteiger charge is -2.47. The molecule has 7 rings (SSSR count). The number of nitrogens with zero attached hydrogens (tertiary/aromatic N) is 4. The second-order valence-corrected chi connectivity index (χ2v) is 14.3. The molecule has 2 aliphatic heterocycles. The quantitative estimate of drug-likeness (QED) is 0.148. The molecule has 56 heavy (non-hydrogen) atoms. The molecule has 0 spiro atoms. The monoisotopic (exact) mass is 754 g/mol. The summed E-state index contributed by atoms with van der Waals surface area (Å²) in [5.74, 6) is 0.322. The summed E-state index contributed by atoms with van der Waals surface area (Å²) in [6.45, 7) is 4.74. The number of urea groups is 1. The Morgan fingerprint density at radius 2 is 1.52 bits per heavy atom. The minimum absolute atomic E-state index is 0.0569. The minimum atomic E-state index is -0.827. The lowest BCUT2D eigenvalue weighted by Crippen LogP contribution is -2.66. The number of ether oxygens (including phenoxy) is 2. The van der Waals surface area contributed by atoms with Crippen molar-refractivity contribution in [1.29, 1.82) is 0 Å². The Morgan fingerprint density at radius 1 is 0.821 bits per heavy atom. The fourth-order valence-electron chi connectivity index (χ4n) is 7.47. The molecule has 0 radical (unpaired) electrons. The van der Waals surface area contributed by atoms with Crippen molar-refractivity contribution in [2.24, 2.45) is 0 Å². The number of piperazine rings is 1. The number of anilines is 1. The Hall–Kier alpha value is -6.40. The lowest BCUT2D eigenvalue weighted by atomic mass is 9.98. The highest BCUT2D eigenvalue weighted by molar-refractivity contribution is 5.92. The molecule has 5 amide bonds. The molecule has 2 fully saturated rings. The molecule has 12 heteroatoms. The van der Waals surface area contributed by atoms with Gasteiger partial charge in [0.1, 0.15) is 24.6 Å². The molecule has 0 unspecified atom stereocenters. The zero-order valence-corrected chi connectivity index (χ0v) is 31.8. The molecule has 288 valence electrons. The number of hydrazine groups is 1. The molecule has 5 aromatic rings. The van der Waals surface area contributed by atoms with Crippen molar-refractivity contribution < 1.29 is 28.7 Å². The van der Waals surface area contributed by atoms with Crippen LogP contribution in [0, 0.1) is 0 Å². The molecule has 0 aromatic heterocycles. The van der Waals surface area contributed by atoms with Crippen LogP contribution < -0.4 is 15.4 Å². The van der Waals surface area contributed by atoms with Crippen molar-refractivity contribution in [1.82, 2.24) is 25.1 Å². The highest BCUT2D eigenvalue weighted by Crippen LogP contribution is 2.32. The van der Waals surface area contributed by atoms with E-state index in [0.717, 1.165) is 38.8 Å². The predicted octanol–water partition coefficient (Wildman–Crippen LogP) is 6.56. The van der Waals surface area contributed by atoms with Crippen LogP contribution in [0.1, 0.15) is 36.1 Å². The van der Waals surface area contributed by atoms with E-state index >= 15 is 0 Å². The van der Waals surface area contributed by atoms with Crippen molar-refractivity contribution in [3.8, 4) is 5.75 Å². The Morgan fingerprint density at radius 3 is 2.25 bits per heavy atom. The van der Waals surface area contributed by atoms with Crippen LogP contribution in [0.2, 0.25) is 0 Å². The first kappa shape index (κ1) is 37.9. The van der Waals surface area contributed by atoms with Gasteiger partial charge in [0.15, 0.2) is 0 Å². The zero-order chi connectivity index (χ0) is 39.2. The number of hydrogen-bond donors (Lipinski definition) is 2. The van der Waals surface area contributed by atoms with E-state index in [0.29, 0.717) is 12.2 Å². The van der Waals surface area contributed by atoms with Crippen LogP contribution in [0.25, 0.3) is 10.8 Å². The number of benzene rings is 5. The number of carbonyl (C=O) groups is 4. The average molecular weight is 755 g/mol. The van der Waals surface area contributed by atoms with E-state index < -0.39 is 18.3 Å². The van der Waals surface area contributed by atoms with Crippen molar-refractivity contribution in [3.63, 3.8) is 0 Å². The topological polar surface area (TPSA) is 124 Å². The number of fused-ring (bicyclic) bond motifs is 2. The summed E-state index contributed by atoms with van der Waals surface area (Å²) in [5.41, 5.74) is 4.11. The highest BCUT2D eigenvalue weighted by atomic mass is 16.5. The Kier molecular flexibility index (Phi) is 11.5. The summed E-state index contributed by atoms with van der Waals surface area (Å²) < 4.78 is 10.6. The van der Waals surface area contributed by atoms with Gasteiger partial charge in [-0.1, -0.05) is 97.1 Å². The minimum Gasteiger partial charge on any atom is -0.497 e. The van der Waals surface area contributed by atoms with Crippen molar-refractivity contribution in [2.75, 3.05) is 25.5 Å². The van der Waals surface area contributed by atoms with Crippen LogP contribution in [-0.4, -0.2) is 82.2 Å². The molecular weight excluding hydrogens is 709 g/mol. The average Bonchev–Trinajstić information content (AvgIpc) is 3.53. The van der Waals surface area contributed by atoms with Gasteiger partial charge in [-0.25, -0.2) is 9.59 Å². The third kappa shape index (κ3) is 8.45. The standard InChI is InChI=1S/C44H46N6O6/c1-30(2)50(43(53)45-25-32-18-22-37(55-3)23-19-32)48-28-41(51)49-39(24-31-16-20-36(21-17-31)46-44(54)56-29-33-10-5-4-6-11-33)42(52)47(27-40(48)49)26-35-14-9-13-34-12-7-8-15-38(34)35/h4-23,30,39-40H,24-29H2,1-3H3,(H,45,53)(H,46,54)/t39-,40+/m0/s1. The van der Waals surface area contributed by atoms with Crippen LogP contribution in [0.3, 0.4) is 0 Å². The van der Waals surface area contributed by atoms with Gasteiger partial charge in [0, 0.05) is 31.2 Å². The molecule has 0 saturated carbocycles. The molecular formula is C44H46N6O6. The van der Waals surface area contributed by atoms with Gasteiger partial charge in [0.25, 0.3) is 0 Å². The van der Waals surface area contributed by atoms with E-state index in [4.69, 9.17) is 9.47 Å². The molecule has 2 saturated heterocycles. The van der Waals surface area contributed by atoms with Crippen molar-refractivity contribution in [2.45, 2.75) is 58.2 Å². The maximum atomic E-state index is 14.5. The molecule has 0 aliphatic carbocycles. The van der Waals surface area contributed by atoms with E-state index in [9.17, 15) is 19.2 Å². The number of carbonyl (C=O) groups excluding carboxylic acids is 4. The predicted molar refractivity (Wildman–Crippen MR) is 213 cm³/mol. The van der Waals surface area contributed by atoms with Gasteiger partial charge in [-0.15, -0.1) is 0 Å². The maximum Gasteiger partial charge on any atom is 0.411 e. The van der Waals surface area contributed by atoms with E-state index in [1.807, 2.05) is 122 Å². The summed E-state index contributed by atoms with van der Waals surface area (Å²) in [5, 5.41) is 11.3. The van der Waals surface area contributed by atoms with Crippen LogP contribution in [0.4, 0.5) is 15.3 Å². The molecule has 5 aromatic carbocycles. The van der Waals surface area contributed by atoms with Gasteiger partial charge >= 0.3 is 12.1 Å². The van der Waals surface area contributed by atoms with Gasteiger partial charge in [-0.05, 0) is 71.1 Å². The second kappa shape index (κ2) is 17.0. The van der Waals surface area contributed by atoms with E-state index in [-0.39, 0.29) is 56.5 Å². The fourth-order valence-corrected chi connectivity index (χ4v) is 7.47. The third-order valence-corrected chi connectivity index (χ3v) is 10.2. The molecule has 2 aliphatic rings.